The van der Waals surface area contributed by atoms with Gasteiger partial charge in [0, 0.05) is 42.3 Å². The number of fused-ring (bicyclic) bond motifs is 1. The third kappa shape index (κ3) is 8.20. The van der Waals surface area contributed by atoms with Crippen molar-refractivity contribution >= 4 is 28.9 Å². The molecule has 4 bridgehead atoms. The molecule has 2 atom stereocenters. The van der Waals surface area contributed by atoms with Gasteiger partial charge in [-0.25, -0.2) is 19.4 Å². The fourth-order valence-electron chi connectivity index (χ4n) is 11.1. The van der Waals surface area contributed by atoms with Crippen molar-refractivity contribution in [3.63, 3.8) is 0 Å². The molecule has 2 unspecified atom stereocenters. The van der Waals surface area contributed by atoms with Crippen LogP contribution in [-0.2, 0) is 25.5 Å². The fourth-order valence-corrected chi connectivity index (χ4v) is 11.1. The SMILES string of the molecule is COC(=O)c1cccc2cc(-c3ccc(-c4cnn(CC56CC7(C)CC(C)(C5)CC(OCCN(C)C(=O)OC(C)(C)C)(C7)C6)c4C)c(C(=O)OC(C)(C)C)n3)[nH]c12. The number of rotatable bonds is 10. The molecule has 12 heteroatoms. The summed E-state index contributed by atoms with van der Waals surface area (Å²) in [6.45, 7) is 19.7. The summed E-state index contributed by atoms with van der Waals surface area (Å²) < 4.78 is 25.5. The first-order valence-electron chi connectivity index (χ1n) is 20.1. The van der Waals surface area contributed by atoms with E-state index in [1.54, 1.807) is 24.1 Å². The number of methoxy groups -OCH3 is 1. The van der Waals surface area contributed by atoms with Crippen molar-refractivity contribution in [1.82, 2.24) is 24.6 Å². The van der Waals surface area contributed by atoms with Gasteiger partial charge in [-0.1, -0.05) is 26.0 Å². The maximum atomic E-state index is 13.9. The molecule has 4 aromatic rings. The van der Waals surface area contributed by atoms with Gasteiger partial charge in [0.2, 0.25) is 0 Å². The van der Waals surface area contributed by atoms with Gasteiger partial charge in [0.05, 0.1) is 48.0 Å². The summed E-state index contributed by atoms with van der Waals surface area (Å²) in [5, 5.41) is 5.80. The Balaban J connectivity index is 1.18. The van der Waals surface area contributed by atoms with E-state index >= 15 is 0 Å². The smallest absolute Gasteiger partial charge is 0.410 e. The van der Waals surface area contributed by atoms with Gasteiger partial charge in [-0.3, -0.25) is 4.68 Å². The van der Waals surface area contributed by atoms with Crippen LogP contribution in [0.3, 0.4) is 0 Å². The first-order chi connectivity index (χ1) is 26.5. The monoisotopic (exact) mass is 781 g/mol. The Labute approximate surface area is 336 Å². The molecule has 4 saturated carbocycles. The van der Waals surface area contributed by atoms with E-state index in [0.717, 1.165) is 55.3 Å². The van der Waals surface area contributed by atoms with Gasteiger partial charge in [-0.15, -0.1) is 0 Å². The minimum Gasteiger partial charge on any atom is -0.465 e. The van der Waals surface area contributed by atoms with Crippen molar-refractivity contribution in [2.24, 2.45) is 16.2 Å². The number of ether oxygens (including phenoxy) is 4. The fraction of sp³-hybridized carbons (Fsp3) is 0.578. The highest BCUT2D eigenvalue weighted by molar-refractivity contribution is 6.04. The Morgan fingerprint density at radius 3 is 2.21 bits per heavy atom. The van der Waals surface area contributed by atoms with Crippen LogP contribution in [0.4, 0.5) is 4.79 Å². The van der Waals surface area contributed by atoms with Crippen molar-refractivity contribution in [3.8, 4) is 22.5 Å². The van der Waals surface area contributed by atoms with Crippen LogP contribution in [0.1, 0.15) is 120 Å². The first-order valence-corrected chi connectivity index (χ1v) is 20.1. The quantitative estimate of drug-likeness (QED) is 0.123. The van der Waals surface area contributed by atoms with Crippen molar-refractivity contribution in [3.05, 3.63) is 59.5 Å². The van der Waals surface area contributed by atoms with Crippen LogP contribution in [0.25, 0.3) is 33.4 Å². The van der Waals surface area contributed by atoms with Crippen LogP contribution in [0.15, 0.2) is 42.6 Å². The lowest BCUT2D eigenvalue weighted by molar-refractivity contribution is -0.248. The number of H-pyrrole nitrogens is 1. The first kappa shape index (κ1) is 40.5. The number of amides is 1. The number of aromatic amines is 1. The van der Waals surface area contributed by atoms with Gasteiger partial charge in [0.1, 0.15) is 11.2 Å². The summed E-state index contributed by atoms with van der Waals surface area (Å²) in [4.78, 5) is 48.9. The van der Waals surface area contributed by atoms with E-state index in [1.807, 2.05) is 72.0 Å². The number of likely N-dealkylation sites (N-methyl/N-ethyl adjacent to an activating group) is 1. The van der Waals surface area contributed by atoms with Crippen LogP contribution in [0.2, 0.25) is 0 Å². The molecular formula is C45H59N5O7. The topological polar surface area (TPSA) is 138 Å². The lowest BCUT2D eigenvalue weighted by Crippen LogP contribution is -2.64. The number of nitrogens with zero attached hydrogens (tertiary/aromatic N) is 4. The zero-order chi connectivity index (χ0) is 41.3. The molecule has 4 aliphatic rings. The summed E-state index contributed by atoms with van der Waals surface area (Å²) in [7, 11) is 3.12. The largest absolute Gasteiger partial charge is 0.465 e. The highest BCUT2D eigenvalue weighted by atomic mass is 16.6. The summed E-state index contributed by atoms with van der Waals surface area (Å²) in [5.74, 6) is -0.974. The van der Waals surface area contributed by atoms with Crippen LogP contribution >= 0.6 is 0 Å². The molecule has 3 aromatic heterocycles. The summed E-state index contributed by atoms with van der Waals surface area (Å²) in [6.07, 6.45) is 7.80. The molecular weight excluding hydrogens is 723 g/mol. The number of carbonyl (C=O) groups is 3. The Morgan fingerprint density at radius 1 is 0.877 bits per heavy atom. The third-order valence-corrected chi connectivity index (χ3v) is 11.9. The molecule has 1 aromatic carbocycles. The molecule has 57 heavy (non-hydrogen) atoms. The van der Waals surface area contributed by atoms with Crippen molar-refractivity contribution in [2.45, 2.75) is 124 Å². The molecule has 4 aliphatic carbocycles. The lowest BCUT2D eigenvalue weighted by atomic mass is 9.39. The second kappa shape index (κ2) is 14.0. The molecule has 1 N–H and O–H groups in total. The normalized spacial score (nSPS) is 25.5. The number of nitrogens with one attached hydrogen (secondary N) is 1. The second-order valence-corrected chi connectivity index (χ2v) is 20.0. The minimum atomic E-state index is -0.740. The zero-order valence-corrected chi connectivity index (χ0v) is 35.6. The van der Waals surface area contributed by atoms with E-state index in [2.05, 4.69) is 30.4 Å². The van der Waals surface area contributed by atoms with E-state index in [9.17, 15) is 14.4 Å². The molecule has 0 spiro atoms. The Hall–Kier alpha value is -4.71. The number of aromatic nitrogens is 4. The number of benzene rings is 1. The summed E-state index contributed by atoms with van der Waals surface area (Å²) in [6, 6.07) is 11.1. The number of hydrogen-bond donors (Lipinski definition) is 1. The third-order valence-electron chi connectivity index (χ3n) is 11.9. The lowest BCUT2D eigenvalue weighted by Gasteiger charge is -2.69. The molecule has 12 nitrogen and oxygen atoms in total. The van der Waals surface area contributed by atoms with Crippen LogP contribution in [0.5, 0.6) is 0 Å². The van der Waals surface area contributed by atoms with E-state index in [4.69, 9.17) is 29.0 Å². The molecule has 0 saturated heterocycles. The predicted molar refractivity (Wildman–Crippen MR) is 218 cm³/mol. The van der Waals surface area contributed by atoms with E-state index in [-0.39, 0.29) is 33.6 Å². The number of carbonyl (C=O) groups excluding carboxylic acids is 3. The summed E-state index contributed by atoms with van der Waals surface area (Å²) in [5.41, 5.74) is 3.50. The van der Waals surface area contributed by atoms with Crippen molar-refractivity contribution < 1.29 is 33.3 Å². The van der Waals surface area contributed by atoms with Crippen LogP contribution in [-0.4, -0.2) is 86.8 Å². The average Bonchev–Trinajstić information content (AvgIpc) is 3.67. The van der Waals surface area contributed by atoms with Gasteiger partial charge < -0.3 is 28.8 Å². The van der Waals surface area contributed by atoms with Crippen molar-refractivity contribution in [1.29, 1.82) is 0 Å². The van der Waals surface area contributed by atoms with Gasteiger partial charge in [-0.05, 0) is 128 Å². The van der Waals surface area contributed by atoms with E-state index in [1.165, 1.54) is 13.5 Å². The second-order valence-electron chi connectivity index (χ2n) is 20.0. The maximum absolute atomic E-state index is 13.9. The molecule has 3 heterocycles. The predicted octanol–water partition coefficient (Wildman–Crippen LogP) is 9.15. The zero-order valence-electron chi connectivity index (χ0n) is 35.6. The molecule has 306 valence electrons. The standard InChI is InChI=1S/C45H59N5O7/c1-28-32(30-15-16-33(47-36(30)38(52)56-40(2,3)4)34-19-29-13-12-14-31(35(29)48-34)37(51)54-11)20-46-50(28)27-44-22-42(8)21-43(9,23-44)25-45(24-42,26-44)55-18-17-49(10)39(53)57-41(5,6)7/h12-16,19-20,48H,17-18,21-27H2,1-11H3. The summed E-state index contributed by atoms with van der Waals surface area (Å²) >= 11 is 0. The maximum Gasteiger partial charge on any atom is 0.410 e. The van der Waals surface area contributed by atoms with Gasteiger partial charge in [-0.2, -0.15) is 5.10 Å². The molecule has 4 fully saturated rings. The number of para-hydroxylation sites is 1. The minimum absolute atomic E-state index is 0.0296. The Morgan fingerprint density at radius 2 is 1.56 bits per heavy atom. The van der Waals surface area contributed by atoms with Gasteiger partial charge >= 0.3 is 18.0 Å². The molecule has 8 rings (SSSR count). The highest BCUT2D eigenvalue weighted by Crippen LogP contribution is 2.72. The Kier molecular flexibility index (Phi) is 9.94. The molecule has 1 amide bonds. The van der Waals surface area contributed by atoms with E-state index in [0.29, 0.717) is 41.2 Å². The highest BCUT2D eigenvalue weighted by Gasteiger charge is 2.66. The van der Waals surface area contributed by atoms with Gasteiger partial charge in [0.15, 0.2) is 5.69 Å². The molecule has 0 radical (unpaired) electrons. The number of pyridine rings is 1. The van der Waals surface area contributed by atoms with E-state index < -0.39 is 23.1 Å². The average molecular weight is 782 g/mol. The molecule has 0 aliphatic heterocycles. The number of hydrogen-bond acceptors (Lipinski definition) is 9. The number of esters is 2. The van der Waals surface area contributed by atoms with Crippen LogP contribution in [0, 0.1) is 23.2 Å². The van der Waals surface area contributed by atoms with Crippen molar-refractivity contribution in [2.75, 3.05) is 27.3 Å². The van der Waals surface area contributed by atoms with Crippen LogP contribution < -0.4 is 0 Å². The Bertz CT molecular complexity index is 2200. The van der Waals surface area contributed by atoms with Gasteiger partial charge in [0.25, 0.3) is 0 Å².